The standard InChI is InChI=1S/C10H10ClNO2/c1-6(10(13)14)9(12)7-3-2-4-8(11)5-7/h2-5,9H,1,12H2,(H,13,14)/t9-/m1/s1. The Bertz CT molecular complexity index is 376. The van der Waals surface area contributed by atoms with Crippen molar-refractivity contribution in [3.8, 4) is 0 Å². The van der Waals surface area contributed by atoms with E-state index in [1.54, 1.807) is 24.3 Å². The molecule has 3 nitrogen and oxygen atoms in total. The van der Waals surface area contributed by atoms with E-state index >= 15 is 0 Å². The number of benzene rings is 1. The minimum Gasteiger partial charge on any atom is -0.478 e. The summed E-state index contributed by atoms with van der Waals surface area (Å²) in [4.78, 5) is 10.6. The van der Waals surface area contributed by atoms with Crippen LogP contribution in [0.1, 0.15) is 11.6 Å². The van der Waals surface area contributed by atoms with Gasteiger partial charge in [0.15, 0.2) is 0 Å². The van der Waals surface area contributed by atoms with Crippen molar-refractivity contribution in [2.45, 2.75) is 6.04 Å². The molecule has 4 heteroatoms. The third-order valence-electron chi connectivity index (χ3n) is 1.86. The topological polar surface area (TPSA) is 63.3 Å². The quantitative estimate of drug-likeness (QED) is 0.752. The highest BCUT2D eigenvalue weighted by Gasteiger charge is 2.15. The molecule has 3 N–H and O–H groups in total. The summed E-state index contributed by atoms with van der Waals surface area (Å²) in [5.41, 5.74) is 6.26. The summed E-state index contributed by atoms with van der Waals surface area (Å²) in [5.74, 6) is -1.10. The zero-order valence-electron chi connectivity index (χ0n) is 7.40. The Morgan fingerprint density at radius 3 is 2.71 bits per heavy atom. The molecule has 1 aromatic rings. The van der Waals surface area contributed by atoms with Crippen LogP contribution in [-0.4, -0.2) is 11.1 Å². The van der Waals surface area contributed by atoms with Gasteiger partial charge in [0.2, 0.25) is 0 Å². The lowest BCUT2D eigenvalue weighted by molar-refractivity contribution is -0.132. The zero-order chi connectivity index (χ0) is 10.7. The molecule has 1 rings (SSSR count). The lowest BCUT2D eigenvalue weighted by atomic mass is 10.0. The third-order valence-corrected chi connectivity index (χ3v) is 2.09. The van der Waals surface area contributed by atoms with Crippen LogP contribution in [0.3, 0.4) is 0 Å². The van der Waals surface area contributed by atoms with Crippen LogP contribution < -0.4 is 5.73 Å². The van der Waals surface area contributed by atoms with Crippen molar-refractivity contribution in [1.82, 2.24) is 0 Å². The lowest BCUT2D eigenvalue weighted by Crippen LogP contribution is -2.18. The number of halogens is 1. The molecule has 0 fully saturated rings. The van der Waals surface area contributed by atoms with Gasteiger partial charge >= 0.3 is 5.97 Å². The van der Waals surface area contributed by atoms with Gasteiger partial charge < -0.3 is 10.8 Å². The molecule has 0 aliphatic rings. The van der Waals surface area contributed by atoms with E-state index in [0.29, 0.717) is 10.6 Å². The van der Waals surface area contributed by atoms with E-state index in [9.17, 15) is 4.79 Å². The SMILES string of the molecule is C=C(C(=O)O)[C@@H](N)c1cccc(Cl)c1. The summed E-state index contributed by atoms with van der Waals surface area (Å²) >= 11 is 5.74. The lowest BCUT2D eigenvalue weighted by Gasteiger charge is -2.11. The molecule has 0 aliphatic carbocycles. The van der Waals surface area contributed by atoms with Crippen LogP contribution in [0.15, 0.2) is 36.4 Å². The van der Waals surface area contributed by atoms with Gasteiger partial charge in [-0.25, -0.2) is 4.79 Å². The summed E-state index contributed by atoms with van der Waals surface area (Å²) in [6.07, 6.45) is 0. The van der Waals surface area contributed by atoms with Crippen molar-refractivity contribution in [3.05, 3.63) is 47.0 Å². The van der Waals surface area contributed by atoms with Crippen molar-refractivity contribution in [2.24, 2.45) is 5.73 Å². The summed E-state index contributed by atoms with van der Waals surface area (Å²) in [7, 11) is 0. The van der Waals surface area contributed by atoms with Gasteiger partial charge in [0.05, 0.1) is 11.6 Å². The third kappa shape index (κ3) is 2.34. The number of rotatable bonds is 3. The van der Waals surface area contributed by atoms with Crippen molar-refractivity contribution in [3.63, 3.8) is 0 Å². The van der Waals surface area contributed by atoms with Gasteiger partial charge in [0.1, 0.15) is 0 Å². The summed E-state index contributed by atoms with van der Waals surface area (Å²) < 4.78 is 0. The normalized spacial score (nSPS) is 12.1. The van der Waals surface area contributed by atoms with E-state index in [-0.39, 0.29) is 5.57 Å². The van der Waals surface area contributed by atoms with Crippen LogP contribution in [0.2, 0.25) is 5.02 Å². The molecule has 0 saturated heterocycles. The van der Waals surface area contributed by atoms with Crippen LogP contribution in [-0.2, 0) is 4.79 Å². The first-order chi connectivity index (χ1) is 6.52. The molecule has 0 aliphatic heterocycles. The number of carboxylic acids is 1. The second-order valence-electron chi connectivity index (χ2n) is 2.86. The zero-order valence-corrected chi connectivity index (χ0v) is 8.16. The van der Waals surface area contributed by atoms with Crippen LogP contribution >= 0.6 is 11.6 Å². The fourth-order valence-corrected chi connectivity index (χ4v) is 1.23. The summed E-state index contributed by atoms with van der Waals surface area (Å²) in [5, 5.41) is 9.19. The first-order valence-electron chi connectivity index (χ1n) is 3.95. The summed E-state index contributed by atoms with van der Waals surface area (Å²) in [6, 6.07) is 6.03. The van der Waals surface area contributed by atoms with Gasteiger partial charge in [-0.2, -0.15) is 0 Å². The Morgan fingerprint density at radius 2 is 2.21 bits per heavy atom. The van der Waals surface area contributed by atoms with Gasteiger partial charge in [0.25, 0.3) is 0 Å². The highest BCUT2D eigenvalue weighted by molar-refractivity contribution is 6.30. The molecule has 0 amide bonds. The number of hydrogen-bond acceptors (Lipinski definition) is 2. The van der Waals surface area contributed by atoms with Gasteiger partial charge in [-0.05, 0) is 17.7 Å². The fraction of sp³-hybridized carbons (Fsp3) is 0.100. The number of carboxylic acid groups (broad SMARTS) is 1. The molecule has 14 heavy (non-hydrogen) atoms. The number of carbonyl (C=O) groups is 1. The van der Waals surface area contributed by atoms with E-state index in [1.807, 2.05) is 0 Å². The van der Waals surface area contributed by atoms with Gasteiger partial charge in [0, 0.05) is 5.02 Å². The monoisotopic (exact) mass is 211 g/mol. The fourth-order valence-electron chi connectivity index (χ4n) is 1.03. The van der Waals surface area contributed by atoms with Gasteiger partial charge in [-0.15, -0.1) is 0 Å². The minimum atomic E-state index is -1.10. The average molecular weight is 212 g/mol. The Hall–Kier alpha value is -1.32. The van der Waals surface area contributed by atoms with Crippen molar-refractivity contribution in [2.75, 3.05) is 0 Å². The first-order valence-corrected chi connectivity index (χ1v) is 4.33. The molecule has 1 aromatic carbocycles. The highest BCUT2D eigenvalue weighted by atomic mass is 35.5. The summed E-state index contributed by atoms with van der Waals surface area (Å²) in [6.45, 7) is 3.39. The molecule has 0 saturated carbocycles. The maximum atomic E-state index is 10.6. The Balaban J connectivity index is 2.95. The van der Waals surface area contributed by atoms with Crippen LogP contribution in [0.5, 0.6) is 0 Å². The molecule has 0 radical (unpaired) electrons. The van der Waals surface area contributed by atoms with E-state index < -0.39 is 12.0 Å². The largest absolute Gasteiger partial charge is 0.478 e. The molecular formula is C10H10ClNO2. The number of hydrogen-bond donors (Lipinski definition) is 2. The molecule has 74 valence electrons. The number of aliphatic carboxylic acids is 1. The van der Waals surface area contributed by atoms with E-state index in [2.05, 4.69) is 6.58 Å². The van der Waals surface area contributed by atoms with Crippen molar-refractivity contribution >= 4 is 17.6 Å². The molecule has 0 aromatic heterocycles. The van der Waals surface area contributed by atoms with Gasteiger partial charge in [-0.3, -0.25) is 0 Å². The van der Waals surface area contributed by atoms with Crippen molar-refractivity contribution in [1.29, 1.82) is 0 Å². The van der Waals surface area contributed by atoms with Crippen LogP contribution in [0, 0.1) is 0 Å². The molecule has 0 spiro atoms. The van der Waals surface area contributed by atoms with Crippen LogP contribution in [0.25, 0.3) is 0 Å². The molecular weight excluding hydrogens is 202 g/mol. The highest BCUT2D eigenvalue weighted by Crippen LogP contribution is 2.20. The van der Waals surface area contributed by atoms with Crippen molar-refractivity contribution < 1.29 is 9.90 Å². The van der Waals surface area contributed by atoms with E-state index in [4.69, 9.17) is 22.4 Å². The van der Waals surface area contributed by atoms with Gasteiger partial charge in [-0.1, -0.05) is 30.3 Å². The van der Waals surface area contributed by atoms with Crippen LogP contribution in [0.4, 0.5) is 0 Å². The number of nitrogens with two attached hydrogens (primary N) is 1. The second-order valence-corrected chi connectivity index (χ2v) is 3.30. The predicted octanol–water partition coefficient (Wildman–Crippen LogP) is 1.98. The average Bonchev–Trinajstić information content (AvgIpc) is 2.15. The van der Waals surface area contributed by atoms with E-state index in [1.165, 1.54) is 0 Å². The Morgan fingerprint density at radius 1 is 1.57 bits per heavy atom. The second kappa shape index (κ2) is 4.26. The minimum absolute atomic E-state index is 0.0488. The first kappa shape index (κ1) is 10.8. The molecule has 0 bridgehead atoms. The smallest absolute Gasteiger partial charge is 0.332 e. The predicted molar refractivity (Wildman–Crippen MR) is 55.2 cm³/mol. The Labute approximate surface area is 86.8 Å². The molecule has 0 heterocycles. The molecule has 0 unspecified atom stereocenters. The maximum absolute atomic E-state index is 10.6. The molecule has 1 atom stereocenters. The van der Waals surface area contributed by atoms with E-state index in [0.717, 1.165) is 0 Å². The Kier molecular flexibility index (Phi) is 3.28. The maximum Gasteiger partial charge on any atom is 0.332 e.